The number of hydrogen-bond donors (Lipinski definition) is 0. The lowest BCUT2D eigenvalue weighted by Crippen LogP contribution is -1.85. The summed E-state index contributed by atoms with van der Waals surface area (Å²) in [6.45, 7) is 0. The van der Waals surface area contributed by atoms with Gasteiger partial charge in [-0.25, -0.2) is 0 Å². The van der Waals surface area contributed by atoms with Crippen LogP contribution in [-0.2, 0) is 5.75 Å². The van der Waals surface area contributed by atoms with E-state index in [9.17, 15) is 0 Å². The van der Waals surface area contributed by atoms with Gasteiger partial charge in [-0.1, -0.05) is 29.3 Å². The summed E-state index contributed by atoms with van der Waals surface area (Å²) in [6, 6.07) is 5.68. The predicted octanol–water partition coefficient (Wildman–Crippen LogP) is 4.39. The maximum absolute atomic E-state index is 6.04. The number of hydrogen-bond acceptors (Lipinski definition) is 1. The van der Waals surface area contributed by atoms with Crippen LogP contribution in [0.1, 0.15) is 18.4 Å². The van der Waals surface area contributed by atoms with Crippen molar-refractivity contribution in [1.82, 2.24) is 0 Å². The van der Waals surface area contributed by atoms with E-state index in [0.29, 0.717) is 0 Å². The van der Waals surface area contributed by atoms with Gasteiger partial charge in [-0.3, -0.25) is 0 Å². The first-order chi connectivity index (χ1) is 6.27. The molecular weight excluding hydrogens is 223 g/mol. The van der Waals surface area contributed by atoms with Crippen molar-refractivity contribution in [3.63, 3.8) is 0 Å². The third-order valence-electron chi connectivity index (χ3n) is 2.05. The van der Waals surface area contributed by atoms with Gasteiger partial charge in [0.2, 0.25) is 0 Å². The third-order valence-corrected chi connectivity index (χ3v) is 4.16. The van der Waals surface area contributed by atoms with Gasteiger partial charge in [-0.05, 0) is 30.5 Å². The first-order valence-corrected chi connectivity index (χ1v) is 6.12. The highest BCUT2D eigenvalue weighted by Gasteiger charge is 2.22. The van der Waals surface area contributed by atoms with Crippen molar-refractivity contribution in [2.75, 3.05) is 0 Å². The van der Waals surface area contributed by atoms with Gasteiger partial charge in [0.1, 0.15) is 0 Å². The van der Waals surface area contributed by atoms with Crippen molar-refractivity contribution in [2.24, 2.45) is 0 Å². The topological polar surface area (TPSA) is 0 Å². The van der Waals surface area contributed by atoms with Crippen LogP contribution in [0, 0.1) is 0 Å². The lowest BCUT2D eigenvalue weighted by molar-refractivity contribution is 1.39. The summed E-state index contributed by atoms with van der Waals surface area (Å²) in [4.78, 5) is 0. The van der Waals surface area contributed by atoms with E-state index in [2.05, 4.69) is 0 Å². The van der Waals surface area contributed by atoms with E-state index >= 15 is 0 Å². The Kier molecular flexibility index (Phi) is 3.07. The first-order valence-electron chi connectivity index (χ1n) is 4.32. The van der Waals surface area contributed by atoms with Crippen LogP contribution in [0.2, 0.25) is 10.0 Å². The molecule has 0 aliphatic heterocycles. The van der Waals surface area contributed by atoms with E-state index in [1.54, 1.807) is 0 Å². The maximum Gasteiger partial charge on any atom is 0.0461 e. The Morgan fingerprint density at radius 1 is 1.23 bits per heavy atom. The van der Waals surface area contributed by atoms with E-state index in [-0.39, 0.29) is 0 Å². The van der Waals surface area contributed by atoms with Gasteiger partial charge in [0.15, 0.2) is 0 Å². The van der Waals surface area contributed by atoms with Crippen LogP contribution >= 0.6 is 35.0 Å². The standard InChI is InChI=1S/C10H10Cl2S/c11-9-2-1-3-10(12)8(9)6-13-7-4-5-7/h1-3,7H,4-6H2. The molecule has 0 aromatic heterocycles. The first kappa shape index (κ1) is 9.70. The highest BCUT2D eigenvalue weighted by Crippen LogP contribution is 2.38. The molecule has 0 heterocycles. The second-order valence-electron chi connectivity index (χ2n) is 3.21. The minimum atomic E-state index is 0.792. The number of thioether (sulfide) groups is 1. The molecule has 0 unspecified atom stereocenters. The van der Waals surface area contributed by atoms with Gasteiger partial charge in [0.05, 0.1) is 0 Å². The van der Waals surface area contributed by atoms with Gasteiger partial charge >= 0.3 is 0 Å². The zero-order chi connectivity index (χ0) is 9.26. The second kappa shape index (κ2) is 4.12. The summed E-state index contributed by atoms with van der Waals surface area (Å²) in [5.41, 5.74) is 1.09. The summed E-state index contributed by atoms with van der Waals surface area (Å²) in [5.74, 6) is 0.948. The Labute approximate surface area is 92.6 Å². The van der Waals surface area contributed by atoms with Crippen LogP contribution in [-0.4, -0.2) is 5.25 Å². The van der Waals surface area contributed by atoms with Crippen molar-refractivity contribution in [1.29, 1.82) is 0 Å². The summed E-state index contributed by atoms with van der Waals surface area (Å²) < 4.78 is 0. The third kappa shape index (κ3) is 2.55. The smallest absolute Gasteiger partial charge is 0.0461 e. The van der Waals surface area contributed by atoms with Crippen molar-refractivity contribution < 1.29 is 0 Å². The fourth-order valence-electron chi connectivity index (χ4n) is 1.11. The van der Waals surface area contributed by atoms with Gasteiger partial charge in [0.25, 0.3) is 0 Å². The van der Waals surface area contributed by atoms with Crippen molar-refractivity contribution in [3.8, 4) is 0 Å². The number of rotatable bonds is 3. The number of halogens is 2. The number of benzene rings is 1. The molecule has 1 saturated carbocycles. The van der Waals surface area contributed by atoms with Gasteiger partial charge in [0, 0.05) is 21.0 Å². The Hall–Kier alpha value is 0.150. The zero-order valence-electron chi connectivity index (χ0n) is 7.09. The Morgan fingerprint density at radius 2 is 1.85 bits per heavy atom. The molecule has 0 bridgehead atoms. The normalized spacial score (nSPS) is 16.2. The van der Waals surface area contributed by atoms with Gasteiger partial charge < -0.3 is 0 Å². The molecule has 70 valence electrons. The Balaban J connectivity index is 2.07. The second-order valence-corrected chi connectivity index (χ2v) is 5.31. The van der Waals surface area contributed by atoms with Crippen LogP contribution in [0.4, 0.5) is 0 Å². The average Bonchev–Trinajstić information content (AvgIpc) is 2.87. The molecule has 0 atom stereocenters. The van der Waals surface area contributed by atoms with E-state index in [4.69, 9.17) is 23.2 Å². The molecular formula is C10H10Cl2S. The summed E-state index contributed by atoms with van der Waals surface area (Å²) in [5, 5.41) is 2.44. The molecule has 0 radical (unpaired) electrons. The molecule has 1 aromatic carbocycles. The fourth-order valence-corrected chi connectivity index (χ4v) is 2.98. The van der Waals surface area contributed by atoms with Gasteiger partial charge in [-0.2, -0.15) is 11.8 Å². The van der Waals surface area contributed by atoms with Crippen LogP contribution in [0.5, 0.6) is 0 Å². The van der Waals surface area contributed by atoms with Crippen LogP contribution in [0.3, 0.4) is 0 Å². The van der Waals surface area contributed by atoms with E-state index < -0.39 is 0 Å². The fraction of sp³-hybridized carbons (Fsp3) is 0.400. The summed E-state index contributed by atoms with van der Waals surface area (Å²) >= 11 is 14.0. The zero-order valence-corrected chi connectivity index (χ0v) is 9.42. The minimum Gasteiger partial charge on any atom is -0.154 e. The maximum atomic E-state index is 6.04. The summed E-state index contributed by atoms with van der Waals surface area (Å²) in [7, 11) is 0. The van der Waals surface area contributed by atoms with E-state index in [1.807, 2.05) is 30.0 Å². The molecule has 1 aliphatic carbocycles. The lowest BCUT2D eigenvalue weighted by Gasteiger charge is -2.05. The van der Waals surface area contributed by atoms with Crippen molar-refractivity contribution in [3.05, 3.63) is 33.8 Å². The molecule has 0 spiro atoms. The molecule has 1 aliphatic rings. The summed E-state index contributed by atoms with van der Waals surface area (Å²) in [6.07, 6.45) is 2.71. The molecule has 2 rings (SSSR count). The predicted molar refractivity (Wildman–Crippen MR) is 60.8 cm³/mol. The molecule has 0 nitrogen and oxygen atoms in total. The van der Waals surface area contributed by atoms with Crippen LogP contribution in [0.25, 0.3) is 0 Å². The van der Waals surface area contributed by atoms with E-state index in [1.165, 1.54) is 12.8 Å². The monoisotopic (exact) mass is 232 g/mol. The highest BCUT2D eigenvalue weighted by molar-refractivity contribution is 7.99. The van der Waals surface area contributed by atoms with Crippen LogP contribution in [0.15, 0.2) is 18.2 Å². The Bertz CT molecular complexity index is 288. The van der Waals surface area contributed by atoms with Crippen LogP contribution < -0.4 is 0 Å². The van der Waals surface area contributed by atoms with Crippen molar-refractivity contribution in [2.45, 2.75) is 23.8 Å². The average molecular weight is 233 g/mol. The molecule has 3 heteroatoms. The van der Waals surface area contributed by atoms with E-state index in [0.717, 1.165) is 26.6 Å². The largest absolute Gasteiger partial charge is 0.154 e. The minimum absolute atomic E-state index is 0.792. The van der Waals surface area contributed by atoms with Crippen molar-refractivity contribution >= 4 is 35.0 Å². The molecule has 1 aromatic rings. The lowest BCUT2D eigenvalue weighted by atomic mass is 10.2. The molecule has 0 N–H and O–H groups in total. The molecule has 1 fully saturated rings. The Morgan fingerprint density at radius 3 is 2.38 bits per heavy atom. The molecule has 0 amide bonds. The quantitative estimate of drug-likeness (QED) is 0.746. The molecule has 0 saturated heterocycles. The molecule has 13 heavy (non-hydrogen) atoms. The highest BCUT2D eigenvalue weighted by atomic mass is 35.5. The SMILES string of the molecule is Clc1cccc(Cl)c1CSC1CC1. The van der Waals surface area contributed by atoms with Gasteiger partial charge in [-0.15, -0.1) is 0 Å².